The Labute approximate surface area is 588 Å². The van der Waals surface area contributed by atoms with Crippen LogP contribution in [0.15, 0.2) is 36.5 Å². The largest absolute Gasteiger partial charge is 0.302 e. The van der Waals surface area contributed by atoms with E-state index in [-0.39, 0.29) is 0 Å². The average molecular weight is 1300 g/mol. The van der Waals surface area contributed by atoms with Gasteiger partial charge in [0, 0.05) is 65.4 Å². The van der Waals surface area contributed by atoms with Crippen molar-refractivity contribution in [3.63, 3.8) is 0 Å². The van der Waals surface area contributed by atoms with Crippen LogP contribution in [0.2, 0.25) is 0 Å². The van der Waals surface area contributed by atoms with Crippen LogP contribution >= 0.6 is 0 Å². The van der Waals surface area contributed by atoms with E-state index < -0.39 is 0 Å². The number of unbranched alkanes of at least 4 members (excludes halogenated alkanes) is 54. The summed E-state index contributed by atoms with van der Waals surface area (Å²) in [6, 6.07) is 0. The SMILES string of the molecule is CCCCCCCC/C=C\CCCCCCCCN(CCCCCCCC/C=C\CCCCCCCC)CCN(CCCCCCCC/C=C\CCCCCCCC)CCN1CCN(CCN(CCCCCCCCCCCC)CCCCCCCCCCCC)CC1. The minimum Gasteiger partial charge on any atom is -0.302 e. The van der Waals surface area contributed by atoms with Gasteiger partial charge in [-0.1, -0.05) is 360 Å². The number of piperazine rings is 1. The van der Waals surface area contributed by atoms with Crippen LogP contribution in [0.5, 0.6) is 0 Å². The molecular weight excluding hydrogens is 1130 g/mol. The Morgan fingerprint density at radius 2 is 0.323 bits per heavy atom. The molecule has 1 fully saturated rings. The van der Waals surface area contributed by atoms with E-state index in [2.05, 4.69) is 95.6 Å². The number of allylic oxidation sites excluding steroid dienone is 6. The highest BCUT2D eigenvalue weighted by Crippen LogP contribution is 2.18. The molecule has 5 nitrogen and oxygen atoms in total. The fraction of sp³-hybridized carbons (Fsp3) is 0.932. The Morgan fingerprint density at radius 3 is 0.516 bits per heavy atom. The quantitative estimate of drug-likeness (QED) is 0.0444. The van der Waals surface area contributed by atoms with E-state index in [1.807, 2.05) is 0 Å². The predicted molar refractivity (Wildman–Crippen MR) is 424 cm³/mol. The Hall–Kier alpha value is -0.980. The maximum absolute atomic E-state index is 2.94. The first-order valence-corrected chi connectivity index (χ1v) is 43.7. The summed E-state index contributed by atoms with van der Waals surface area (Å²) >= 11 is 0. The van der Waals surface area contributed by atoms with Gasteiger partial charge in [-0.2, -0.15) is 0 Å². The average Bonchev–Trinajstić information content (AvgIpc) is 3.37. The van der Waals surface area contributed by atoms with Gasteiger partial charge in [-0.05, 0) is 142 Å². The van der Waals surface area contributed by atoms with E-state index in [4.69, 9.17) is 0 Å². The van der Waals surface area contributed by atoms with Crippen LogP contribution in [-0.4, -0.2) is 123 Å². The second kappa shape index (κ2) is 78.4. The van der Waals surface area contributed by atoms with Crippen molar-refractivity contribution in [1.29, 1.82) is 0 Å². The van der Waals surface area contributed by atoms with Crippen LogP contribution < -0.4 is 0 Å². The Bertz CT molecular complexity index is 1380. The molecule has 1 heterocycles. The van der Waals surface area contributed by atoms with Gasteiger partial charge in [0.15, 0.2) is 0 Å². The van der Waals surface area contributed by atoms with Gasteiger partial charge in [0.05, 0.1) is 0 Å². The van der Waals surface area contributed by atoms with Crippen molar-refractivity contribution in [1.82, 2.24) is 24.5 Å². The van der Waals surface area contributed by atoms with Crippen molar-refractivity contribution in [2.24, 2.45) is 0 Å². The van der Waals surface area contributed by atoms with Gasteiger partial charge < -0.3 is 14.7 Å². The van der Waals surface area contributed by atoms with Crippen molar-refractivity contribution in [2.45, 2.75) is 433 Å². The van der Waals surface area contributed by atoms with Crippen LogP contribution in [0.3, 0.4) is 0 Å². The second-order valence-electron chi connectivity index (χ2n) is 30.4. The molecule has 0 aromatic carbocycles. The minimum absolute atomic E-state index is 1.26. The molecule has 552 valence electrons. The number of rotatable bonds is 79. The Morgan fingerprint density at radius 1 is 0.172 bits per heavy atom. The Balaban J connectivity index is 2.83. The van der Waals surface area contributed by atoms with E-state index in [9.17, 15) is 0 Å². The summed E-state index contributed by atoms with van der Waals surface area (Å²) in [4.78, 5) is 14.5. The second-order valence-corrected chi connectivity index (χ2v) is 30.4. The first kappa shape index (κ1) is 90.0. The molecule has 5 heteroatoms. The first-order chi connectivity index (χ1) is 46.2. The lowest BCUT2D eigenvalue weighted by molar-refractivity contribution is 0.104. The molecule has 0 unspecified atom stereocenters. The lowest BCUT2D eigenvalue weighted by atomic mass is 10.1. The van der Waals surface area contributed by atoms with Gasteiger partial charge in [-0.15, -0.1) is 0 Å². The monoisotopic (exact) mass is 1300 g/mol. The fourth-order valence-electron chi connectivity index (χ4n) is 14.5. The highest BCUT2D eigenvalue weighted by molar-refractivity contribution is 4.83. The molecule has 1 saturated heterocycles. The highest BCUT2D eigenvalue weighted by Gasteiger charge is 2.19. The molecule has 0 atom stereocenters. The normalized spacial score (nSPS) is 13.7. The summed E-state index contributed by atoms with van der Waals surface area (Å²) in [6.07, 6.45) is 102. The molecule has 0 radical (unpaired) electrons. The molecule has 0 spiro atoms. The summed E-state index contributed by atoms with van der Waals surface area (Å²) in [5, 5.41) is 0. The van der Waals surface area contributed by atoms with E-state index in [1.165, 1.54) is 496 Å². The lowest BCUT2D eigenvalue weighted by Crippen LogP contribution is -2.50. The highest BCUT2D eigenvalue weighted by atomic mass is 15.3. The summed E-state index contributed by atoms with van der Waals surface area (Å²) in [7, 11) is 0. The lowest BCUT2D eigenvalue weighted by Gasteiger charge is -2.37. The minimum atomic E-state index is 1.26. The fourth-order valence-corrected chi connectivity index (χ4v) is 14.5. The zero-order chi connectivity index (χ0) is 66.6. The number of hydrogen-bond acceptors (Lipinski definition) is 5. The maximum atomic E-state index is 2.94. The van der Waals surface area contributed by atoms with Crippen molar-refractivity contribution in [3.8, 4) is 0 Å². The van der Waals surface area contributed by atoms with E-state index in [0.29, 0.717) is 0 Å². The third kappa shape index (κ3) is 69.3. The zero-order valence-corrected chi connectivity index (χ0v) is 65.1. The van der Waals surface area contributed by atoms with Crippen molar-refractivity contribution in [2.75, 3.05) is 98.2 Å². The summed E-state index contributed by atoms with van der Waals surface area (Å²) < 4.78 is 0. The summed E-state index contributed by atoms with van der Waals surface area (Å²) in [6.45, 7) is 30.9. The van der Waals surface area contributed by atoms with Gasteiger partial charge in [0.2, 0.25) is 0 Å². The third-order valence-electron chi connectivity index (χ3n) is 21.3. The van der Waals surface area contributed by atoms with Gasteiger partial charge in [0.1, 0.15) is 0 Å². The third-order valence-corrected chi connectivity index (χ3v) is 21.3. The van der Waals surface area contributed by atoms with Gasteiger partial charge in [0.25, 0.3) is 0 Å². The van der Waals surface area contributed by atoms with Crippen molar-refractivity contribution >= 4 is 0 Å². The van der Waals surface area contributed by atoms with E-state index in [1.54, 1.807) is 0 Å². The Kier molecular flexibility index (Phi) is 75.9. The summed E-state index contributed by atoms with van der Waals surface area (Å²) in [5.41, 5.74) is 0. The van der Waals surface area contributed by atoms with Crippen LogP contribution in [0.1, 0.15) is 433 Å². The summed E-state index contributed by atoms with van der Waals surface area (Å²) in [5.74, 6) is 0. The number of nitrogens with zero attached hydrogens (tertiary/aromatic N) is 5. The van der Waals surface area contributed by atoms with Gasteiger partial charge >= 0.3 is 0 Å². The zero-order valence-electron chi connectivity index (χ0n) is 65.1. The molecular formula is C88H175N5. The molecule has 0 aliphatic carbocycles. The molecule has 0 aromatic heterocycles. The molecule has 1 aliphatic rings. The maximum Gasteiger partial charge on any atom is 0.0110 e. The molecule has 0 N–H and O–H groups in total. The van der Waals surface area contributed by atoms with E-state index >= 15 is 0 Å². The number of hydrogen-bond donors (Lipinski definition) is 0. The van der Waals surface area contributed by atoms with Crippen molar-refractivity contribution < 1.29 is 0 Å². The molecule has 1 aliphatic heterocycles. The molecule has 93 heavy (non-hydrogen) atoms. The van der Waals surface area contributed by atoms with Gasteiger partial charge in [-0.25, -0.2) is 0 Å². The van der Waals surface area contributed by atoms with Crippen LogP contribution in [0, 0.1) is 0 Å². The van der Waals surface area contributed by atoms with Crippen LogP contribution in [0.25, 0.3) is 0 Å². The topological polar surface area (TPSA) is 16.2 Å². The standard InChI is InChI=1S/C88H175N5/c1-6-11-16-21-26-31-36-39-42-45-48-51-56-61-66-69-74-89(75-70-67-62-57-52-49-46-43-40-37-32-27-22-17-12-7-2)79-81-91(78-73-68-63-58-53-50-47-44-41-38-33-28-23-18-13-8-3)82-84-93-87-85-92(86-88-93)83-80-90(76-71-64-59-54-34-29-24-19-14-9-4)77-72-65-60-55-35-30-25-20-15-10-5/h39-44H,6-38,45-88H2,1-5H3/b42-39-,43-40-,44-41-. The molecule has 1 rings (SSSR count). The van der Waals surface area contributed by atoms with Gasteiger partial charge in [-0.3, -0.25) is 9.80 Å². The van der Waals surface area contributed by atoms with Crippen LogP contribution in [0.4, 0.5) is 0 Å². The molecule has 0 saturated carbocycles. The predicted octanol–water partition coefficient (Wildman–Crippen LogP) is 27.5. The molecule has 0 bridgehead atoms. The smallest absolute Gasteiger partial charge is 0.0110 e. The van der Waals surface area contributed by atoms with Crippen LogP contribution in [-0.2, 0) is 0 Å². The molecule has 0 amide bonds. The first-order valence-electron chi connectivity index (χ1n) is 43.7. The molecule has 0 aromatic rings. The van der Waals surface area contributed by atoms with E-state index in [0.717, 1.165) is 0 Å². The van der Waals surface area contributed by atoms with Crippen molar-refractivity contribution in [3.05, 3.63) is 36.5 Å².